The highest BCUT2D eigenvalue weighted by Crippen LogP contribution is 2.03. The summed E-state index contributed by atoms with van der Waals surface area (Å²) in [5, 5.41) is 20.4. The van der Waals surface area contributed by atoms with Crippen LogP contribution in [0.2, 0.25) is 0 Å². The average Bonchev–Trinajstić information content (AvgIpc) is 2.43. The van der Waals surface area contributed by atoms with Crippen molar-refractivity contribution in [3.8, 4) is 0 Å². The highest BCUT2D eigenvalue weighted by Gasteiger charge is 2.20. The van der Waals surface area contributed by atoms with E-state index in [1.165, 1.54) is 0 Å². The summed E-state index contributed by atoms with van der Waals surface area (Å²) in [7, 11) is 1.94. The molecule has 2 bridgehead atoms. The summed E-state index contributed by atoms with van der Waals surface area (Å²) in [5.41, 5.74) is 0. The number of aliphatic hydroxyl groups is 2. The van der Waals surface area contributed by atoms with E-state index in [2.05, 4.69) is 9.80 Å². The number of likely N-dealkylation sites (N-methyl/N-ethyl adjacent to an activating group) is 1. The molecule has 124 valence electrons. The van der Waals surface area contributed by atoms with Crippen LogP contribution in [0.4, 0.5) is 0 Å². The molecule has 2 aliphatic rings. The molecule has 2 aliphatic heterocycles. The fourth-order valence-corrected chi connectivity index (χ4v) is 2.89. The Morgan fingerprint density at radius 2 is 1.29 bits per heavy atom. The molecule has 0 saturated carbocycles. The first kappa shape index (κ1) is 17.1. The van der Waals surface area contributed by atoms with E-state index in [9.17, 15) is 10.2 Å². The molecule has 2 saturated heterocycles. The van der Waals surface area contributed by atoms with Crippen molar-refractivity contribution in [3.05, 3.63) is 0 Å². The van der Waals surface area contributed by atoms with Gasteiger partial charge in [-0.1, -0.05) is 0 Å². The van der Waals surface area contributed by atoms with E-state index in [0.717, 1.165) is 19.6 Å². The van der Waals surface area contributed by atoms with E-state index in [1.54, 1.807) is 0 Å². The molecule has 7 nitrogen and oxygen atoms in total. The van der Waals surface area contributed by atoms with Crippen molar-refractivity contribution in [2.75, 3.05) is 79.4 Å². The third-order valence-corrected chi connectivity index (χ3v) is 3.91. The smallest absolute Gasteiger partial charge is 0.0992 e. The first-order chi connectivity index (χ1) is 10.1. The summed E-state index contributed by atoms with van der Waals surface area (Å²) in [6, 6.07) is 0. The predicted molar refractivity (Wildman–Crippen MR) is 79.2 cm³/mol. The monoisotopic (exact) mass is 303 g/mol. The van der Waals surface area contributed by atoms with Gasteiger partial charge in [0, 0.05) is 45.8 Å². The third kappa shape index (κ3) is 6.56. The first-order valence-corrected chi connectivity index (χ1v) is 7.78. The second-order valence-corrected chi connectivity index (χ2v) is 6.06. The van der Waals surface area contributed by atoms with Gasteiger partial charge >= 0.3 is 0 Å². The van der Waals surface area contributed by atoms with Crippen molar-refractivity contribution in [1.82, 2.24) is 14.7 Å². The van der Waals surface area contributed by atoms with Crippen LogP contribution in [-0.2, 0) is 9.47 Å². The maximum Gasteiger partial charge on any atom is 0.0992 e. The summed E-state index contributed by atoms with van der Waals surface area (Å²) in [6.45, 7) is 7.11. The molecule has 4 atom stereocenters. The fourth-order valence-electron chi connectivity index (χ4n) is 2.89. The Labute approximate surface area is 127 Å². The average molecular weight is 303 g/mol. The van der Waals surface area contributed by atoms with Gasteiger partial charge in [0.2, 0.25) is 0 Å². The lowest BCUT2D eigenvalue weighted by Crippen LogP contribution is -2.45. The molecule has 2 N–H and O–H groups in total. The van der Waals surface area contributed by atoms with Crippen LogP contribution in [-0.4, -0.2) is 117 Å². The zero-order valence-electron chi connectivity index (χ0n) is 13.0. The lowest BCUT2D eigenvalue weighted by atomic mass is 10.2. The molecule has 2 fully saturated rings. The number of hydrogen-bond acceptors (Lipinski definition) is 7. The van der Waals surface area contributed by atoms with Crippen LogP contribution in [0.5, 0.6) is 0 Å². The third-order valence-electron chi connectivity index (χ3n) is 3.91. The van der Waals surface area contributed by atoms with E-state index in [0.29, 0.717) is 52.7 Å². The molecule has 0 aromatic rings. The molecule has 0 amide bonds. The van der Waals surface area contributed by atoms with Gasteiger partial charge in [-0.15, -0.1) is 0 Å². The predicted octanol–water partition coefficient (Wildman–Crippen LogP) is -1.74. The summed E-state index contributed by atoms with van der Waals surface area (Å²) in [6.07, 6.45) is -0.882. The molecule has 2 heterocycles. The molecule has 2 rings (SSSR count). The highest BCUT2D eigenvalue weighted by atomic mass is 16.5. The summed E-state index contributed by atoms with van der Waals surface area (Å²) < 4.78 is 11.4. The molecule has 0 aromatic carbocycles. The zero-order chi connectivity index (χ0) is 15.1. The first-order valence-electron chi connectivity index (χ1n) is 7.78. The van der Waals surface area contributed by atoms with Gasteiger partial charge in [-0.3, -0.25) is 9.80 Å². The molecular formula is C14H29N3O4. The minimum atomic E-state index is -0.453. The zero-order valence-corrected chi connectivity index (χ0v) is 13.0. The number of hydrogen-bond donors (Lipinski definition) is 2. The largest absolute Gasteiger partial charge is 0.390 e. The molecule has 0 aromatic heterocycles. The van der Waals surface area contributed by atoms with Crippen molar-refractivity contribution in [1.29, 1.82) is 0 Å². The quantitative estimate of drug-likeness (QED) is 0.551. The van der Waals surface area contributed by atoms with E-state index in [-0.39, 0.29) is 0 Å². The summed E-state index contributed by atoms with van der Waals surface area (Å²) in [5.74, 6) is 0. The van der Waals surface area contributed by atoms with Gasteiger partial charge in [-0.2, -0.15) is 0 Å². The maximum absolute atomic E-state index is 10.2. The number of aliphatic hydroxyl groups excluding tert-OH is 2. The lowest BCUT2D eigenvalue weighted by molar-refractivity contribution is -0.0114. The maximum atomic E-state index is 10.2. The van der Waals surface area contributed by atoms with Crippen molar-refractivity contribution in [2.45, 2.75) is 12.2 Å². The van der Waals surface area contributed by atoms with Crippen LogP contribution in [0.1, 0.15) is 0 Å². The van der Waals surface area contributed by atoms with E-state index >= 15 is 0 Å². The SMILES string of the molecule is CN1CC(O)CN2CCOCCN(COCC2)CC(O)C1. The van der Waals surface area contributed by atoms with Gasteiger partial charge in [-0.05, 0) is 7.05 Å². The normalized spacial score (nSPS) is 38.4. The van der Waals surface area contributed by atoms with E-state index in [1.807, 2.05) is 11.9 Å². The van der Waals surface area contributed by atoms with E-state index < -0.39 is 12.2 Å². The van der Waals surface area contributed by atoms with Crippen LogP contribution in [0.25, 0.3) is 0 Å². The van der Waals surface area contributed by atoms with Gasteiger partial charge in [0.25, 0.3) is 0 Å². The van der Waals surface area contributed by atoms with Crippen LogP contribution in [0, 0.1) is 0 Å². The molecule has 0 spiro atoms. The Balaban J connectivity index is 2.04. The van der Waals surface area contributed by atoms with Gasteiger partial charge in [0.05, 0.1) is 38.8 Å². The Morgan fingerprint density at radius 3 is 1.95 bits per heavy atom. The molecular weight excluding hydrogens is 274 g/mol. The Kier molecular flexibility index (Phi) is 7.31. The molecule has 4 unspecified atom stereocenters. The van der Waals surface area contributed by atoms with E-state index in [4.69, 9.17) is 9.47 Å². The summed E-state index contributed by atoms with van der Waals surface area (Å²) >= 11 is 0. The summed E-state index contributed by atoms with van der Waals surface area (Å²) in [4.78, 5) is 6.26. The minimum Gasteiger partial charge on any atom is -0.390 e. The van der Waals surface area contributed by atoms with Gasteiger partial charge < -0.3 is 24.6 Å². The molecule has 7 heteroatoms. The van der Waals surface area contributed by atoms with Crippen LogP contribution >= 0.6 is 0 Å². The number of β-amino-alcohol motifs (C(OH)–C–C–N with tert-alkyl or cyclic N) is 2. The number of nitrogens with zero attached hydrogens (tertiary/aromatic N) is 3. The number of rotatable bonds is 0. The standard InChI is InChI=1S/C14H29N3O4/c1-15-8-13(18)10-16-2-5-20-6-4-17(11-14(19)9-15)12-21-7-3-16/h13-14,18-19H,2-12H2,1H3. The highest BCUT2D eigenvalue weighted by molar-refractivity contribution is 4.73. The van der Waals surface area contributed by atoms with Gasteiger partial charge in [-0.25, -0.2) is 0 Å². The van der Waals surface area contributed by atoms with Crippen LogP contribution < -0.4 is 0 Å². The van der Waals surface area contributed by atoms with Crippen molar-refractivity contribution in [2.24, 2.45) is 0 Å². The second-order valence-electron chi connectivity index (χ2n) is 6.06. The van der Waals surface area contributed by atoms with Crippen LogP contribution in [0.15, 0.2) is 0 Å². The van der Waals surface area contributed by atoms with Crippen molar-refractivity contribution in [3.63, 3.8) is 0 Å². The lowest BCUT2D eigenvalue weighted by Gasteiger charge is -2.29. The number of fused-ring (bicyclic) bond motifs is 5. The topological polar surface area (TPSA) is 68.6 Å². The number of ether oxygens (including phenoxy) is 2. The second kappa shape index (κ2) is 8.99. The molecule has 21 heavy (non-hydrogen) atoms. The molecule has 0 radical (unpaired) electrons. The Morgan fingerprint density at radius 1 is 0.762 bits per heavy atom. The van der Waals surface area contributed by atoms with Crippen LogP contribution in [0.3, 0.4) is 0 Å². The minimum absolute atomic E-state index is 0.429. The fraction of sp³-hybridized carbons (Fsp3) is 1.00. The Hall–Kier alpha value is -0.280. The molecule has 0 aliphatic carbocycles. The van der Waals surface area contributed by atoms with Crippen molar-refractivity contribution >= 4 is 0 Å². The van der Waals surface area contributed by atoms with Crippen molar-refractivity contribution < 1.29 is 19.7 Å². The Bertz CT molecular complexity index is 269. The van der Waals surface area contributed by atoms with Gasteiger partial charge in [0.15, 0.2) is 0 Å². The van der Waals surface area contributed by atoms with Gasteiger partial charge in [0.1, 0.15) is 0 Å².